The number of nitrogens with zero attached hydrogens (tertiary/aromatic N) is 6. The number of terminal acetylenes is 1. The maximum atomic E-state index is 15.8. The van der Waals surface area contributed by atoms with Crippen LogP contribution in [0.2, 0.25) is 0 Å². The second kappa shape index (κ2) is 8.86. The molecule has 7 nitrogen and oxygen atoms in total. The molecular formula is C28H23FN6O. The summed E-state index contributed by atoms with van der Waals surface area (Å²) in [5.74, 6) is 0.844. The summed E-state index contributed by atoms with van der Waals surface area (Å²) in [6, 6.07) is 1.66. The van der Waals surface area contributed by atoms with Crippen molar-refractivity contribution in [1.82, 2.24) is 29.5 Å². The third-order valence-electron chi connectivity index (χ3n) is 5.89. The van der Waals surface area contributed by atoms with Crippen LogP contribution in [0.3, 0.4) is 0 Å². The maximum Gasteiger partial charge on any atom is 0.322 e. The summed E-state index contributed by atoms with van der Waals surface area (Å²) in [4.78, 5) is 21.3. The number of aryl methyl sites for hydroxylation is 5. The fourth-order valence-electron chi connectivity index (χ4n) is 4.33. The second-order valence-corrected chi connectivity index (χ2v) is 8.35. The van der Waals surface area contributed by atoms with E-state index in [-0.39, 0.29) is 11.6 Å². The summed E-state index contributed by atoms with van der Waals surface area (Å²) in [7, 11) is 1.79. The molecule has 0 spiro atoms. The molecule has 0 atom stereocenters. The van der Waals surface area contributed by atoms with Crippen LogP contribution in [-0.4, -0.2) is 29.5 Å². The molecule has 0 aliphatic rings. The van der Waals surface area contributed by atoms with E-state index in [2.05, 4.69) is 30.8 Å². The molecule has 0 saturated heterocycles. The number of ether oxygens (including phenoxy) is 1. The second-order valence-electron chi connectivity index (χ2n) is 8.35. The summed E-state index contributed by atoms with van der Waals surface area (Å²) in [5.41, 5.74) is 5.06. The minimum Gasteiger partial charge on any atom is -0.421 e. The van der Waals surface area contributed by atoms with Gasteiger partial charge >= 0.3 is 6.01 Å². The normalized spacial score (nSPS) is 12.2. The van der Waals surface area contributed by atoms with E-state index in [1.54, 1.807) is 37.6 Å². The molecule has 0 fully saturated rings. The first-order valence-electron chi connectivity index (χ1n) is 12.6. The molecule has 5 rings (SSSR count). The van der Waals surface area contributed by atoms with Gasteiger partial charge in [-0.2, -0.15) is 0 Å². The maximum absolute atomic E-state index is 15.8. The fourth-order valence-corrected chi connectivity index (χ4v) is 4.33. The van der Waals surface area contributed by atoms with Gasteiger partial charge < -0.3 is 9.30 Å². The lowest BCUT2D eigenvalue weighted by atomic mass is 9.94. The van der Waals surface area contributed by atoms with Gasteiger partial charge in [-0.3, -0.25) is 0 Å². The highest BCUT2D eigenvalue weighted by Gasteiger charge is 2.25. The van der Waals surface area contributed by atoms with Crippen molar-refractivity contribution in [1.29, 1.82) is 0 Å². The molecule has 0 amide bonds. The zero-order chi connectivity index (χ0) is 28.2. The average Bonchev–Trinajstić information content (AvgIpc) is 3.18. The SMILES string of the molecule is [2H]c1c([2H])c(-c2c(-c3c(C)cc(C#C)nc3C)n(C)c3ncnc(C)c23)c([2H])c(F)c1Oc1nccc(C)n1. The van der Waals surface area contributed by atoms with Crippen molar-refractivity contribution in [3.63, 3.8) is 0 Å². The Morgan fingerprint density at radius 2 is 1.86 bits per heavy atom. The van der Waals surface area contributed by atoms with Gasteiger partial charge in [0.1, 0.15) is 17.7 Å². The Balaban J connectivity index is 1.88. The van der Waals surface area contributed by atoms with Crippen LogP contribution in [0.4, 0.5) is 4.39 Å². The van der Waals surface area contributed by atoms with Crippen LogP contribution in [0, 0.1) is 45.9 Å². The van der Waals surface area contributed by atoms with Crippen LogP contribution in [0.25, 0.3) is 33.4 Å². The van der Waals surface area contributed by atoms with Gasteiger partial charge in [0, 0.05) is 41.1 Å². The van der Waals surface area contributed by atoms with E-state index in [0.717, 1.165) is 5.56 Å². The number of rotatable bonds is 4. The Labute approximate surface area is 212 Å². The van der Waals surface area contributed by atoms with E-state index in [1.165, 1.54) is 12.5 Å². The van der Waals surface area contributed by atoms with Gasteiger partial charge in [-0.1, -0.05) is 12.0 Å². The standard InChI is InChI=1S/C28H23FN6O/c1-7-20-12-15(2)23(18(5)34-20)26-25(24-17(4)31-14-32-27(24)35(26)6)19-8-9-22(21(29)13-19)36-28-30-11-10-16(3)33-28/h1,8-14H,2-6H3/i8D,9D,13D. The van der Waals surface area contributed by atoms with Crippen LogP contribution in [0.1, 0.15) is 32.5 Å². The van der Waals surface area contributed by atoms with Crippen LogP contribution in [0.15, 0.2) is 42.8 Å². The Hall–Kier alpha value is -4.64. The number of hydrogen-bond donors (Lipinski definition) is 0. The van der Waals surface area contributed by atoms with Crippen LogP contribution in [-0.2, 0) is 7.05 Å². The van der Waals surface area contributed by atoms with E-state index < -0.39 is 29.7 Å². The van der Waals surface area contributed by atoms with Gasteiger partial charge in [0.25, 0.3) is 0 Å². The summed E-state index contributed by atoms with van der Waals surface area (Å²) in [6.07, 6.45) is 8.45. The smallest absolute Gasteiger partial charge is 0.322 e. The topological polar surface area (TPSA) is 78.6 Å². The van der Waals surface area contributed by atoms with Crippen LogP contribution >= 0.6 is 0 Å². The molecule has 0 bridgehead atoms. The van der Waals surface area contributed by atoms with Crippen molar-refractivity contribution < 1.29 is 13.2 Å². The lowest BCUT2D eigenvalue weighted by Crippen LogP contribution is -2.01. The van der Waals surface area contributed by atoms with E-state index in [1.807, 2.05) is 13.8 Å². The quantitative estimate of drug-likeness (QED) is 0.310. The first kappa shape index (κ1) is 19.6. The minimum atomic E-state index is -1.11. The third kappa shape index (κ3) is 3.85. The number of pyridine rings is 1. The Morgan fingerprint density at radius 1 is 1.06 bits per heavy atom. The van der Waals surface area contributed by atoms with Crippen LogP contribution in [0.5, 0.6) is 11.8 Å². The highest BCUT2D eigenvalue weighted by Crippen LogP contribution is 2.43. The van der Waals surface area contributed by atoms with Gasteiger partial charge in [-0.15, -0.1) is 6.42 Å². The molecule has 5 aromatic rings. The Morgan fingerprint density at radius 3 is 2.58 bits per heavy atom. The predicted molar refractivity (Wildman–Crippen MR) is 136 cm³/mol. The average molecular weight is 482 g/mol. The van der Waals surface area contributed by atoms with Crippen molar-refractivity contribution in [3.05, 3.63) is 76.9 Å². The van der Waals surface area contributed by atoms with Gasteiger partial charge in [0.2, 0.25) is 0 Å². The third-order valence-corrected chi connectivity index (χ3v) is 5.89. The highest BCUT2D eigenvalue weighted by atomic mass is 19.1. The summed E-state index contributed by atoms with van der Waals surface area (Å²) in [6.45, 7) is 7.17. The zero-order valence-electron chi connectivity index (χ0n) is 23.4. The van der Waals surface area contributed by atoms with E-state index in [9.17, 15) is 0 Å². The van der Waals surface area contributed by atoms with Crippen LogP contribution < -0.4 is 4.74 Å². The van der Waals surface area contributed by atoms with Crippen molar-refractivity contribution in [2.45, 2.75) is 27.7 Å². The lowest BCUT2D eigenvalue weighted by Gasteiger charge is -2.15. The molecule has 4 heterocycles. The van der Waals surface area contributed by atoms with Crippen molar-refractivity contribution >= 4 is 11.0 Å². The molecule has 0 unspecified atom stereocenters. The summed E-state index contributed by atoms with van der Waals surface area (Å²) in [5, 5.41) is 0.534. The van der Waals surface area contributed by atoms with Gasteiger partial charge in [-0.25, -0.2) is 29.3 Å². The van der Waals surface area contributed by atoms with E-state index >= 15 is 4.39 Å². The van der Waals surface area contributed by atoms with Gasteiger partial charge in [0.05, 0.1) is 15.5 Å². The van der Waals surface area contributed by atoms with E-state index in [0.29, 0.717) is 50.6 Å². The van der Waals surface area contributed by atoms with Gasteiger partial charge in [0.15, 0.2) is 11.6 Å². The lowest BCUT2D eigenvalue weighted by molar-refractivity contribution is 0.410. The molecule has 0 saturated carbocycles. The molecule has 0 radical (unpaired) electrons. The van der Waals surface area contributed by atoms with E-state index in [4.69, 9.17) is 15.3 Å². The van der Waals surface area contributed by atoms with Gasteiger partial charge in [-0.05, 0) is 63.0 Å². The number of aromatic nitrogens is 6. The molecule has 8 heteroatoms. The largest absolute Gasteiger partial charge is 0.421 e. The molecule has 0 aliphatic heterocycles. The monoisotopic (exact) mass is 481 g/mol. The highest BCUT2D eigenvalue weighted by molar-refractivity contribution is 6.05. The Bertz CT molecular complexity index is 1810. The Kier molecular flexibility index (Phi) is 4.83. The number of fused-ring (bicyclic) bond motifs is 1. The fraction of sp³-hybridized carbons (Fsp3) is 0.179. The molecule has 0 N–H and O–H groups in total. The number of hydrogen-bond acceptors (Lipinski definition) is 6. The predicted octanol–water partition coefficient (Wildman–Crippen LogP) is 5.63. The molecular weight excluding hydrogens is 455 g/mol. The van der Waals surface area contributed by atoms with Crippen molar-refractivity contribution in [2.75, 3.05) is 0 Å². The zero-order valence-corrected chi connectivity index (χ0v) is 20.4. The molecule has 4 aromatic heterocycles. The number of halogens is 1. The van der Waals surface area contributed by atoms with Crippen molar-refractivity contribution in [3.8, 4) is 46.5 Å². The molecule has 178 valence electrons. The first-order valence-corrected chi connectivity index (χ1v) is 11.1. The summed E-state index contributed by atoms with van der Waals surface area (Å²) < 4.78 is 49.5. The minimum absolute atomic E-state index is 0.0895. The number of benzene rings is 1. The summed E-state index contributed by atoms with van der Waals surface area (Å²) >= 11 is 0. The molecule has 36 heavy (non-hydrogen) atoms. The van der Waals surface area contributed by atoms with Crippen molar-refractivity contribution in [2.24, 2.45) is 7.05 Å². The molecule has 0 aliphatic carbocycles. The first-order chi connectivity index (χ1) is 18.5. The molecule has 1 aromatic carbocycles.